The molecule has 4 rings (SSSR count). The molecule has 56 heavy (non-hydrogen) atoms. The molecule has 6 N–H and O–H groups in total. The lowest BCUT2D eigenvalue weighted by Crippen LogP contribution is -2.62. The van der Waals surface area contributed by atoms with Gasteiger partial charge in [-0.05, 0) is 35.8 Å². The normalized spacial score (nSPS) is 14.5. The average molecular weight is 807 g/mol. The first-order valence-corrected chi connectivity index (χ1v) is 20.3. The summed E-state index contributed by atoms with van der Waals surface area (Å²) in [6.45, 7) is 7.72. The van der Waals surface area contributed by atoms with Crippen LogP contribution in [0.4, 0.5) is 9.59 Å². The van der Waals surface area contributed by atoms with Gasteiger partial charge in [0.15, 0.2) is 0 Å². The molecule has 0 saturated heterocycles. The number of thiazole rings is 2. The topological polar surface area (TPSA) is 189 Å². The van der Waals surface area contributed by atoms with Crippen LogP contribution in [-0.2, 0) is 35.5 Å². The number of carbonyl (C=O) groups is 4. The van der Waals surface area contributed by atoms with Crippen molar-refractivity contribution < 1.29 is 29.4 Å². The molecule has 2 heterocycles. The van der Waals surface area contributed by atoms with Crippen molar-refractivity contribution in [2.24, 2.45) is 11.8 Å². The van der Waals surface area contributed by atoms with Gasteiger partial charge in [0.2, 0.25) is 11.8 Å². The fourth-order valence-electron chi connectivity index (χ4n) is 6.04. The van der Waals surface area contributed by atoms with Gasteiger partial charge in [-0.3, -0.25) is 9.59 Å². The van der Waals surface area contributed by atoms with E-state index >= 15 is 0 Å². The van der Waals surface area contributed by atoms with Gasteiger partial charge < -0.3 is 41.3 Å². The van der Waals surface area contributed by atoms with E-state index in [1.54, 1.807) is 54.2 Å². The third kappa shape index (κ3) is 13.1. The molecule has 0 aliphatic carbocycles. The molecule has 4 aromatic rings. The molecule has 2 aromatic heterocycles. The monoisotopic (exact) mass is 806 g/mol. The molecular formula is C40H54N8O6S2. The molecule has 6 amide bonds. The van der Waals surface area contributed by atoms with Crippen molar-refractivity contribution in [2.45, 2.75) is 90.0 Å². The van der Waals surface area contributed by atoms with E-state index < -0.39 is 60.3 Å². The molecule has 0 aliphatic rings. The maximum Gasteiger partial charge on any atom is 0.318 e. The number of nitrogens with one attached hydrogen (secondary N) is 4. The van der Waals surface area contributed by atoms with Crippen molar-refractivity contribution >= 4 is 46.6 Å². The zero-order chi connectivity index (χ0) is 40.8. The molecule has 2 aromatic carbocycles. The van der Waals surface area contributed by atoms with Crippen LogP contribution in [0.5, 0.6) is 0 Å². The SMILES string of the molecule is CC(C)[C@H](NC(=O)N(C)Cc1nccs1)C(=O)N[C@@H](Cc1ccccc1)[C@@H](O)[C@H](O)[C@H](Cc1ccccc1)NC(=O)[C@@H](NC(=O)N(C)Cc1nccs1)C(C)C. The van der Waals surface area contributed by atoms with Crippen LogP contribution >= 0.6 is 22.7 Å². The van der Waals surface area contributed by atoms with E-state index in [2.05, 4.69) is 31.2 Å². The van der Waals surface area contributed by atoms with Gasteiger partial charge in [0.05, 0.1) is 25.2 Å². The van der Waals surface area contributed by atoms with Crippen LogP contribution in [0.25, 0.3) is 0 Å². The molecule has 0 bridgehead atoms. The molecule has 302 valence electrons. The molecule has 0 aliphatic heterocycles. The Morgan fingerprint density at radius 2 is 0.964 bits per heavy atom. The quantitative estimate of drug-likeness (QED) is 0.0826. The Labute approximate surface area is 336 Å². The zero-order valence-corrected chi connectivity index (χ0v) is 34.3. The van der Waals surface area contributed by atoms with Crippen LogP contribution in [0.2, 0.25) is 0 Å². The molecule has 0 radical (unpaired) electrons. The fraction of sp³-hybridized carbons (Fsp3) is 0.450. The number of carbonyl (C=O) groups excluding carboxylic acids is 4. The minimum atomic E-state index is -1.58. The lowest BCUT2D eigenvalue weighted by atomic mass is 9.90. The van der Waals surface area contributed by atoms with Crippen LogP contribution in [0, 0.1) is 11.8 Å². The van der Waals surface area contributed by atoms with E-state index in [0.29, 0.717) is 0 Å². The maximum atomic E-state index is 14.0. The molecule has 0 spiro atoms. The summed E-state index contributed by atoms with van der Waals surface area (Å²) < 4.78 is 0. The van der Waals surface area contributed by atoms with Crippen molar-refractivity contribution in [1.82, 2.24) is 41.0 Å². The zero-order valence-electron chi connectivity index (χ0n) is 32.7. The Morgan fingerprint density at radius 3 is 1.27 bits per heavy atom. The number of aromatic nitrogens is 2. The first kappa shape index (κ1) is 43.8. The lowest BCUT2D eigenvalue weighted by Gasteiger charge is -2.35. The summed E-state index contributed by atoms with van der Waals surface area (Å²) in [7, 11) is 3.23. The number of rotatable bonds is 19. The average Bonchev–Trinajstić information content (AvgIpc) is 3.90. The Balaban J connectivity index is 1.56. The third-order valence-electron chi connectivity index (χ3n) is 9.29. The van der Waals surface area contributed by atoms with Crippen molar-refractivity contribution in [3.05, 3.63) is 105 Å². The summed E-state index contributed by atoms with van der Waals surface area (Å²) in [6.07, 6.45) is 0.418. The summed E-state index contributed by atoms with van der Waals surface area (Å²) in [5.74, 6) is -1.76. The van der Waals surface area contributed by atoms with E-state index in [1.165, 1.54) is 32.5 Å². The number of aliphatic hydroxyl groups is 2. The van der Waals surface area contributed by atoms with E-state index in [-0.39, 0.29) is 37.8 Å². The number of aliphatic hydroxyl groups excluding tert-OH is 2. The number of hydrogen-bond acceptors (Lipinski definition) is 10. The highest BCUT2D eigenvalue weighted by atomic mass is 32.1. The Kier molecular flexibility index (Phi) is 16.8. The largest absolute Gasteiger partial charge is 0.388 e. The van der Waals surface area contributed by atoms with Gasteiger partial charge in [0.25, 0.3) is 0 Å². The molecule has 6 atom stereocenters. The van der Waals surface area contributed by atoms with Crippen LogP contribution in [0.15, 0.2) is 83.8 Å². The predicted molar refractivity (Wildman–Crippen MR) is 218 cm³/mol. The van der Waals surface area contributed by atoms with E-state index in [4.69, 9.17) is 0 Å². The van der Waals surface area contributed by atoms with Gasteiger partial charge in [-0.15, -0.1) is 22.7 Å². The number of amides is 6. The van der Waals surface area contributed by atoms with Gasteiger partial charge in [0.1, 0.15) is 34.3 Å². The van der Waals surface area contributed by atoms with Crippen molar-refractivity contribution in [3.8, 4) is 0 Å². The Bertz CT molecular complexity index is 1670. The molecule has 0 fully saturated rings. The second kappa shape index (κ2) is 21.4. The van der Waals surface area contributed by atoms with Crippen LogP contribution in [-0.4, -0.2) is 104 Å². The molecule has 0 saturated carbocycles. The number of nitrogens with zero attached hydrogens (tertiary/aromatic N) is 4. The molecular weight excluding hydrogens is 753 g/mol. The number of urea groups is 2. The fourth-order valence-corrected chi connectivity index (χ4v) is 7.38. The number of hydrogen-bond donors (Lipinski definition) is 6. The smallest absolute Gasteiger partial charge is 0.318 e. The van der Waals surface area contributed by atoms with Gasteiger partial charge in [0, 0.05) is 37.2 Å². The van der Waals surface area contributed by atoms with E-state index in [9.17, 15) is 29.4 Å². The van der Waals surface area contributed by atoms with E-state index in [0.717, 1.165) is 21.1 Å². The van der Waals surface area contributed by atoms with Crippen molar-refractivity contribution in [3.63, 3.8) is 0 Å². The summed E-state index contributed by atoms with van der Waals surface area (Å²) in [4.78, 5) is 65.7. The molecule has 16 heteroatoms. The van der Waals surface area contributed by atoms with Crippen LogP contribution in [0.1, 0.15) is 48.8 Å². The van der Waals surface area contributed by atoms with Gasteiger partial charge in [-0.25, -0.2) is 19.6 Å². The molecule has 0 unspecified atom stereocenters. The second-order valence-electron chi connectivity index (χ2n) is 14.5. The Hall–Kier alpha value is -4.90. The lowest BCUT2D eigenvalue weighted by molar-refractivity contribution is -0.129. The highest BCUT2D eigenvalue weighted by Crippen LogP contribution is 2.17. The second-order valence-corrected chi connectivity index (χ2v) is 16.5. The standard InChI is InChI=1S/C40H54N8O6S2/c1-25(2)33(45-39(53)47(5)23-31-41-17-19-55-31)37(51)43-29(21-27-13-9-7-10-14-27)35(49)36(50)30(22-28-15-11-8-12-16-28)44-38(52)34(26(3)4)46-40(54)48(6)24-32-42-18-20-56-32/h7-20,25-26,29-30,33-36,49-50H,21-24H2,1-6H3,(H,43,51)(H,44,52)(H,45,53)(H,46,54)/t29-,30-,33-,34-,35+,36+/m0/s1. The minimum Gasteiger partial charge on any atom is -0.388 e. The van der Waals surface area contributed by atoms with Gasteiger partial charge in [-0.1, -0.05) is 88.4 Å². The van der Waals surface area contributed by atoms with Gasteiger partial charge in [-0.2, -0.15) is 0 Å². The summed E-state index contributed by atoms with van der Waals surface area (Å²) in [5.41, 5.74) is 1.57. The van der Waals surface area contributed by atoms with Crippen LogP contribution < -0.4 is 21.3 Å². The van der Waals surface area contributed by atoms with Crippen molar-refractivity contribution in [2.75, 3.05) is 14.1 Å². The summed E-state index contributed by atoms with van der Waals surface area (Å²) >= 11 is 2.83. The van der Waals surface area contributed by atoms with E-state index in [1.807, 2.05) is 71.4 Å². The highest BCUT2D eigenvalue weighted by molar-refractivity contribution is 7.09. The number of benzene rings is 2. The summed E-state index contributed by atoms with van der Waals surface area (Å²) in [5, 5.41) is 40.5. The Morgan fingerprint density at radius 1 is 0.607 bits per heavy atom. The molecule has 14 nitrogen and oxygen atoms in total. The predicted octanol–water partition coefficient (Wildman–Crippen LogP) is 3.81. The third-order valence-corrected chi connectivity index (χ3v) is 10.8. The van der Waals surface area contributed by atoms with Crippen LogP contribution in [0.3, 0.4) is 0 Å². The first-order chi connectivity index (χ1) is 26.7. The van der Waals surface area contributed by atoms with Crippen molar-refractivity contribution in [1.29, 1.82) is 0 Å². The summed E-state index contributed by atoms with van der Waals surface area (Å²) in [6, 6.07) is 13.4. The minimum absolute atomic E-state index is 0.135. The maximum absolute atomic E-state index is 14.0. The first-order valence-electron chi connectivity index (χ1n) is 18.6. The highest BCUT2D eigenvalue weighted by Gasteiger charge is 2.38. The van der Waals surface area contributed by atoms with Gasteiger partial charge >= 0.3 is 12.1 Å².